The molecule has 1 aliphatic heterocycles. The molecule has 0 aromatic carbocycles. The van der Waals surface area contributed by atoms with Gasteiger partial charge in [-0.05, 0) is 37.3 Å². The maximum Gasteiger partial charge on any atom is 0.227 e. The van der Waals surface area contributed by atoms with E-state index in [1.165, 1.54) is 0 Å². The minimum atomic E-state index is -0.316. The molecule has 2 aromatic heterocycles. The maximum absolute atomic E-state index is 12.6. The number of piperidine rings is 1. The zero-order chi connectivity index (χ0) is 18.0. The zero-order valence-electron chi connectivity index (χ0n) is 15.6. The van der Waals surface area contributed by atoms with Crippen molar-refractivity contribution in [3.63, 3.8) is 0 Å². The highest BCUT2D eigenvalue weighted by molar-refractivity contribution is 5.81. The van der Waals surface area contributed by atoms with Gasteiger partial charge in [0.25, 0.3) is 0 Å². The summed E-state index contributed by atoms with van der Waals surface area (Å²) < 4.78 is 1.82. The van der Waals surface area contributed by atoms with Crippen LogP contribution in [0.4, 0.5) is 0 Å². The number of hydrogen-bond donors (Lipinski definition) is 0. The Bertz CT molecular complexity index is 746. The number of hydrogen-bond acceptors (Lipinski definition) is 4. The highest BCUT2D eigenvalue weighted by atomic mass is 16.2. The second kappa shape index (κ2) is 6.94. The average molecular weight is 341 g/mol. The second-order valence-corrected chi connectivity index (χ2v) is 7.95. The minimum Gasteiger partial charge on any atom is -0.342 e. The Morgan fingerprint density at radius 3 is 2.80 bits per heavy atom. The molecule has 0 saturated carbocycles. The molecule has 0 bridgehead atoms. The summed E-state index contributed by atoms with van der Waals surface area (Å²) in [5, 5.41) is 4.20. The Hall–Kier alpha value is -2.24. The molecule has 0 radical (unpaired) electrons. The van der Waals surface area contributed by atoms with Crippen LogP contribution in [0.2, 0.25) is 0 Å². The van der Waals surface area contributed by atoms with Gasteiger partial charge in [-0.25, -0.2) is 9.97 Å². The summed E-state index contributed by atoms with van der Waals surface area (Å²) in [4.78, 5) is 23.4. The molecule has 6 nitrogen and oxygen atoms in total. The largest absolute Gasteiger partial charge is 0.342 e. The normalized spacial score (nSPS) is 18.4. The van der Waals surface area contributed by atoms with Crippen LogP contribution in [0.25, 0.3) is 11.4 Å². The van der Waals surface area contributed by atoms with Crippen LogP contribution >= 0.6 is 0 Å². The van der Waals surface area contributed by atoms with Crippen LogP contribution in [-0.4, -0.2) is 43.6 Å². The molecule has 3 heterocycles. The van der Waals surface area contributed by atoms with Crippen molar-refractivity contribution in [3.05, 3.63) is 30.4 Å². The number of likely N-dealkylation sites (tertiary alicyclic amines) is 1. The first-order valence-corrected chi connectivity index (χ1v) is 8.93. The average Bonchev–Trinajstić information content (AvgIpc) is 3.00. The number of carbonyl (C=O) groups excluding carboxylic acids is 1. The zero-order valence-corrected chi connectivity index (χ0v) is 15.6. The van der Waals surface area contributed by atoms with Crippen molar-refractivity contribution in [3.8, 4) is 11.4 Å². The van der Waals surface area contributed by atoms with Crippen molar-refractivity contribution in [1.29, 1.82) is 0 Å². The molecular weight excluding hydrogens is 314 g/mol. The van der Waals surface area contributed by atoms with Crippen LogP contribution < -0.4 is 0 Å². The Morgan fingerprint density at radius 1 is 1.32 bits per heavy atom. The van der Waals surface area contributed by atoms with Crippen molar-refractivity contribution in [1.82, 2.24) is 24.6 Å². The monoisotopic (exact) mass is 341 g/mol. The predicted molar refractivity (Wildman–Crippen MR) is 96.7 cm³/mol. The summed E-state index contributed by atoms with van der Waals surface area (Å²) in [6, 6.07) is 4.00. The molecule has 1 saturated heterocycles. The van der Waals surface area contributed by atoms with Crippen LogP contribution in [0.15, 0.2) is 24.7 Å². The van der Waals surface area contributed by atoms with Gasteiger partial charge >= 0.3 is 0 Å². The molecule has 1 atom stereocenters. The van der Waals surface area contributed by atoms with E-state index in [1.54, 1.807) is 12.5 Å². The Balaban J connectivity index is 1.70. The van der Waals surface area contributed by atoms with Crippen LogP contribution in [-0.2, 0) is 18.3 Å². The van der Waals surface area contributed by atoms with Crippen LogP contribution in [0, 0.1) is 11.3 Å². The first-order valence-electron chi connectivity index (χ1n) is 8.93. The van der Waals surface area contributed by atoms with Gasteiger partial charge in [0.05, 0.1) is 11.4 Å². The number of carbonyl (C=O) groups is 1. The number of amides is 1. The third kappa shape index (κ3) is 4.06. The van der Waals surface area contributed by atoms with Crippen LogP contribution in [0.1, 0.15) is 39.3 Å². The van der Waals surface area contributed by atoms with E-state index in [4.69, 9.17) is 0 Å². The van der Waals surface area contributed by atoms with Gasteiger partial charge in [-0.15, -0.1) is 0 Å². The van der Waals surface area contributed by atoms with Crippen molar-refractivity contribution in [2.45, 2.75) is 40.0 Å². The summed E-state index contributed by atoms with van der Waals surface area (Å²) >= 11 is 0. The molecule has 3 rings (SSSR count). The number of aryl methyl sites for hydroxylation is 1. The summed E-state index contributed by atoms with van der Waals surface area (Å²) in [5.41, 5.74) is 2.59. The Labute approximate surface area is 149 Å². The van der Waals surface area contributed by atoms with E-state index in [0.717, 1.165) is 49.4 Å². The van der Waals surface area contributed by atoms with Crippen LogP contribution in [0.5, 0.6) is 0 Å². The summed E-state index contributed by atoms with van der Waals surface area (Å²) in [5.74, 6) is 0.699. The van der Waals surface area contributed by atoms with E-state index in [2.05, 4.69) is 15.1 Å². The smallest absolute Gasteiger partial charge is 0.227 e. The van der Waals surface area contributed by atoms with Gasteiger partial charge in [0.2, 0.25) is 5.91 Å². The predicted octanol–water partition coefficient (Wildman–Crippen LogP) is 2.70. The molecule has 1 fully saturated rings. The molecule has 2 aromatic rings. The standard InChI is InChI=1S/C19H27N5O/c1-19(2,3)18(25)24-9-5-6-14(12-24)10-15-11-16(21-13-20-15)17-7-8-22-23(17)4/h7-8,11,13-14H,5-6,9-10,12H2,1-4H3/t14-/m1/s1. The molecule has 0 aliphatic carbocycles. The maximum atomic E-state index is 12.6. The van der Waals surface area contributed by atoms with Crippen molar-refractivity contribution >= 4 is 5.91 Å². The first kappa shape index (κ1) is 17.6. The molecular formula is C19H27N5O. The van der Waals surface area contributed by atoms with Gasteiger partial charge in [-0.2, -0.15) is 5.10 Å². The topological polar surface area (TPSA) is 63.9 Å². The van der Waals surface area contributed by atoms with Crippen molar-refractivity contribution < 1.29 is 4.79 Å². The number of nitrogens with zero attached hydrogens (tertiary/aromatic N) is 5. The number of rotatable bonds is 3. The van der Waals surface area contributed by atoms with E-state index in [0.29, 0.717) is 5.92 Å². The first-order chi connectivity index (χ1) is 11.8. The van der Waals surface area contributed by atoms with Crippen molar-refractivity contribution in [2.24, 2.45) is 18.4 Å². The Morgan fingerprint density at radius 2 is 2.12 bits per heavy atom. The third-order valence-corrected chi connectivity index (χ3v) is 4.75. The molecule has 0 spiro atoms. The molecule has 1 amide bonds. The molecule has 25 heavy (non-hydrogen) atoms. The molecule has 1 aliphatic rings. The second-order valence-electron chi connectivity index (χ2n) is 7.95. The van der Waals surface area contributed by atoms with Crippen LogP contribution in [0.3, 0.4) is 0 Å². The van der Waals surface area contributed by atoms with Gasteiger partial charge in [0.15, 0.2) is 0 Å². The lowest BCUT2D eigenvalue weighted by Crippen LogP contribution is -2.45. The Kier molecular flexibility index (Phi) is 4.88. The van der Waals surface area contributed by atoms with E-state index in [1.807, 2.05) is 49.5 Å². The van der Waals surface area contributed by atoms with Gasteiger partial charge < -0.3 is 4.90 Å². The van der Waals surface area contributed by atoms with E-state index >= 15 is 0 Å². The fourth-order valence-corrected chi connectivity index (χ4v) is 3.46. The highest BCUT2D eigenvalue weighted by Crippen LogP contribution is 2.26. The van der Waals surface area contributed by atoms with E-state index in [-0.39, 0.29) is 11.3 Å². The van der Waals surface area contributed by atoms with Gasteiger partial charge in [-0.3, -0.25) is 9.48 Å². The third-order valence-electron chi connectivity index (χ3n) is 4.75. The fraction of sp³-hybridized carbons (Fsp3) is 0.579. The summed E-state index contributed by atoms with van der Waals surface area (Å²) in [6.07, 6.45) is 6.47. The van der Waals surface area contributed by atoms with Gasteiger partial charge in [0.1, 0.15) is 6.33 Å². The summed E-state index contributed by atoms with van der Waals surface area (Å²) in [6.45, 7) is 7.66. The molecule has 134 valence electrons. The number of aromatic nitrogens is 4. The minimum absolute atomic E-state index is 0.246. The quantitative estimate of drug-likeness (QED) is 0.861. The molecule has 6 heteroatoms. The van der Waals surface area contributed by atoms with Crippen molar-refractivity contribution in [2.75, 3.05) is 13.1 Å². The van der Waals surface area contributed by atoms with E-state index in [9.17, 15) is 4.79 Å². The molecule has 0 N–H and O–H groups in total. The highest BCUT2D eigenvalue weighted by Gasteiger charge is 2.31. The summed E-state index contributed by atoms with van der Waals surface area (Å²) in [7, 11) is 1.91. The lowest BCUT2D eigenvalue weighted by atomic mass is 9.89. The lowest BCUT2D eigenvalue weighted by molar-refractivity contribution is -0.141. The fourth-order valence-electron chi connectivity index (χ4n) is 3.46. The van der Waals surface area contributed by atoms with Gasteiger partial charge in [-0.1, -0.05) is 20.8 Å². The molecule has 0 unspecified atom stereocenters. The SMILES string of the molecule is Cn1nccc1-c1cc(C[C@H]2CCCN(C(=O)C(C)(C)C)C2)ncn1. The van der Waals surface area contributed by atoms with Gasteiger partial charge in [0, 0.05) is 37.4 Å². The van der Waals surface area contributed by atoms with E-state index < -0.39 is 0 Å². The lowest BCUT2D eigenvalue weighted by Gasteiger charge is -2.36.